The number of phosphoric acid groups is 2. The van der Waals surface area contributed by atoms with Gasteiger partial charge in [0.15, 0.2) is 12.2 Å². The molecule has 0 saturated carbocycles. The highest BCUT2D eigenvalue weighted by molar-refractivity contribution is 7.47. The third kappa shape index (κ3) is 74.5. The molecule has 592 valence electrons. The monoisotopic (exact) mass is 1480 g/mol. The third-order valence-electron chi connectivity index (χ3n) is 17.3. The normalized spacial score (nSPS) is 14.3. The Hall–Kier alpha value is -3.76. The zero-order valence-electron chi connectivity index (χ0n) is 64.8. The Morgan fingerprint density at radius 1 is 0.284 bits per heavy atom. The highest BCUT2D eigenvalue weighted by Crippen LogP contribution is 2.45. The molecule has 0 aromatic heterocycles. The van der Waals surface area contributed by atoms with Gasteiger partial charge < -0.3 is 33.8 Å². The SMILES string of the molecule is CC/C=C\C/C=C\C/C=C\C/C=C\C/C=C\CCCCCC(=O)O[C@H](COC(=O)CCCCCCCCCCCCCCC)COP(=O)(O)OC[C@H](O)COP(=O)(O)OC[C@@H](COC(=O)CCCCCCC/C=C\CCCCCCCC)OC(=O)CCCCCCCCC/C=C\CCCCCC. The fraction of sp³-hybridized carbons (Fsp3) is 0.783. The van der Waals surface area contributed by atoms with Crippen LogP contribution in [0.1, 0.15) is 362 Å². The van der Waals surface area contributed by atoms with Gasteiger partial charge in [-0.25, -0.2) is 9.13 Å². The van der Waals surface area contributed by atoms with E-state index in [-0.39, 0.29) is 25.7 Å². The highest BCUT2D eigenvalue weighted by Gasteiger charge is 2.30. The zero-order valence-corrected chi connectivity index (χ0v) is 66.6. The number of esters is 4. The number of phosphoric ester groups is 2. The van der Waals surface area contributed by atoms with Crippen molar-refractivity contribution in [3.63, 3.8) is 0 Å². The Kier molecular flexibility index (Phi) is 72.7. The van der Waals surface area contributed by atoms with E-state index in [0.717, 1.165) is 161 Å². The van der Waals surface area contributed by atoms with Gasteiger partial charge in [0, 0.05) is 25.7 Å². The maximum Gasteiger partial charge on any atom is 0.472 e. The summed E-state index contributed by atoms with van der Waals surface area (Å²) in [5, 5.41) is 10.6. The Morgan fingerprint density at radius 2 is 0.510 bits per heavy atom. The van der Waals surface area contributed by atoms with Crippen LogP contribution in [0.2, 0.25) is 0 Å². The van der Waals surface area contributed by atoms with Crippen molar-refractivity contribution in [3.05, 3.63) is 85.1 Å². The number of ether oxygens (including phenoxy) is 4. The van der Waals surface area contributed by atoms with Crippen LogP contribution in [0, 0.1) is 0 Å². The first-order chi connectivity index (χ1) is 49.7. The van der Waals surface area contributed by atoms with Crippen LogP contribution in [0.3, 0.4) is 0 Å². The summed E-state index contributed by atoms with van der Waals surface area (Å²) < 4.78 is 68.6. The van der Waals surface area contributed by atoms with Gasteiger partial charge in [-0.2, -0.15) is 0 Å². The standard InChI is InChI=1S/C83H148O17P2/c1-5-9-13-17-21-25-29-33-36-37-38-39-42-46-50-54-58-62-66-70-83(88)100-78(73-93-80(85)67-63-59-55-51-47-43-32-28-24-20-16-12-8-4)75-97-101(89,90)95-71-77(84)72-96-102(91,92)98-76-79(99-82(87)69-65-61-57-53-49-45-41-35-31-27-23-19-15-11-7-3)74-94-81(86)68-64-60-56-52-48-44-40-34-30-26-22-18-14-10-6-2/h9,13,21,25,27,31,33-34,36,38-40,46,50,77-79,84H,5-8,10-12,14-20,22-24,26,28-30,32,35,37,41-45,47-49,51-76H2,1-4H3,(H,89,90)(H,91,92)/b13-9-,25-21-,31-27-,36-33-,39-38-,40-34-,50-46-/t77-,78+,79+/m0/s1. The molecule has 102 heavy (non-hydrogen) atoms. The molecular weight excluding hydrogens is 1330 g/mol. The smallest absolute Gasteiger partial charge is 0.462 e. The summed E-state index contributed by atoms with van der Waals surface area (Å²) in [4.78, 5) is 73.0. The number of hydrogen-bond donors (Lipinski definition) is 3. The molecule has 0 aliphatic heterocycles. The van der Waals surface area contributed by atoms with Crippen LogP contribution >= 0.6 is 15.6 Å². The summed E-state index contributed by atoms with van der Waals surface area (Å²) in [5.74, 6) is -2.20. The van der Waals surface area contributed by atoms with Gasteiger partial charge in [-0.1, -0.05) is 299 Å². The summed E-state index contributed by atoms with van der Waals surface area (Å²) in [5.41, 5.74) is 0. The van der Waals surface area contributed by atoms with Crippen LogP contribution in [0.25, 0.3) is 0 Å². The lowest BCUT2D eigenvalue weighted by Gasteiger charge is -2.21. The molecule has 0 aromatic carbocycles. The van der Waals surface area contributed by atoms with E-state index in [1.807, 2.05) is 0 Å². The van der Waals surface area contributed by atoms with E-state index < -0.39 is 97.5 Å². The number of allylic oxidation sites excluding steroid dienone is 14. The van der Waals surface area contributed by atoms with E-state index in [9.17, 15) is 43.2 Å². The molecule has 0 aliphatic carbocycles. The molecule has 5 atom stereocenters. The molecule has 0 saturated heterocycles. The fourth-order valence-electron chi connectivity index (χ4n) is 11.1. The molecule has 0 rings (SSSR count). The minimum absolute atomic E-state index is 0.0584. The largest absolute Gasteiger partial charge is 0.472 e. The van der Waals surface area contributed by atoms with Gasteiger partial charge in [-0.15, -0.1) is 0 Å². The molecule has 0 aromatic rings. The van der Waals surface area contributed by atoms with E-state index in [1.165, 1.54) is 122 Å². The molecule has 0 heterocycles. The van der Waals surface area contributed by atoms with Gasteiger partial charge in [0.05, 0.1) is 26.4 Å². The summed E-state index contributed by atoms with van der Waals surface area (Å²) in [6, 6.07) is 0. The molecule has 3 N–H and O–H groups in total. The van der Waals surface area contributed by atoms with Gasteiger partial charge >= 0.3 is 39.5 Å². The van der Waals surface area contributed by atoms with Crippen molar-refractivity contribution in [1.29, 1.82) is 0 Å². The molecule has 0 fully saturated rings. The maximum absolute atomic E-state index is 13.1. The molecule has 0 spiro atoms. The lowest BCUT2D eigenvalue weighted by molar-refractivity contribution is -0.161. The lowest BCUT2D eigenvalue weighted by Crippen LogP contribution is -2.30. The van der Waals surface area contributed by atoms with Crippen molar-refractivity contribution in [2.45, 2.75) is 380 Å². The molecule has 2 unspecified atom stereocenters. The van der Waals surface area contributed by atoms with Gasteiger partial charge in [0.1, 0.15) is 19.3 Å². The number of rotatable bonds is 77. The predicted octanol–water partition coefficient (Wildman–Crippen LogP) is 23.8. The quantitative estimate of drug-likeness (QED) is 0.0169. The van der Waals surface area contributed by atoms with Crippen molar-refractivity contribution >= 4 is 39.5 Å². The Labute approximate surface area is 621 Å². The maximum atomic E-state index is 13.1. The molecular formula is C83H148O17P2. The van der Waals surface area contributed by atoms with Crippen LogP contribution < -0.4 is 0 Å². The number of unbranched alkanes of at least 4 members (excludes halogenated alkanes) is 37. The van der Waals surface area contributed by atoms with Crippen molar-refractivity contribution in [2.75, 3.05) is 39.6 Å². The van der Waals surface area contributed by atoms with E-state index in [2.05, 4.69) is 113 Å². The number of hydrogen-bond acceptors (Lipinski definition) is 15. The molecule has 0 aliphatic rings. The molecule has 17 nitrogen and oxygen atoms in total. The van der Waals surface area contributed by atoms with E-state index in [4.69, 9.17) is 37.0 Å². The van der Waals surface area contributed by atoms with Crippen LogP contribution in [0.5, 0.6) is 0 Å². The minimum Gasteiger partial charge on any atom is -0.462 e. The van der Waals surface area contributed by atoms with Crippen LogP contribution in [-0.2, 0) is 65.4 Å². The van der Waals surface area contributed by atoms with Gasteiger partial charge in [0.25, 0.3) is 0 Å². The fourth-order valence-corrected chi connectivity index (χ4v) is 12.7. The number of aliphatic hydroxyl groups excluding tert-OH is 1. The Bertz CT molecular complexity index is 2260. The van der Waals surface area contributed by atoms with Crippen LogP contribution in [0.15, 0.2) is 85.1 Å². The topological polar surface area (TPSA) is 237 Å². The van der Waals surface area contributed by atoms with Crippen molar-refractivity contribution in [1.82, 2.24) is 0 Å². The molecule has 0 bridgehead atoms. The zero-order chi connectivity index (χ0) is 74.6. The first-order valence-corrected chi connectivity index (χ1v) is 43.8. The van der Waals surface area contributed by atoms with Gasteiger partial charge in [-0.05, 0) is 122 Å². The number of carbonyl (C=O) groups excluding carboxylic acids is 4. The van der Waals surface area contributed by atoms with Crippen LogP contribution in [-0.4, -0.2) is 96.7 Å². The van der Waals surface area contributed by atoms with E-state index in [1.54, 1.807) is 0 Å². The second-order valence-electron chi connectivity index (χ2n) is 27.3. The minimum atomic E-state index is -4.98. The summed E-state index contributed by atoms with van der Waals surface area (Å²) >= 11 is 0. The molecule has 0 amide bonds. The average Bonchev–Trinajstić information content (AvgIpc) is 0.924. The first kappa shape index (κ1) is 98.2. The Balaban J connectivity index is 5.37. The second kappa shape index (κ2) is 75.5. The van der Waals surface area contributed by atoms with E-state index in [0.29, 0.717) is 25.7 Å². The van der Waals surface area contributed by atoms with Crippen LogP contribution in [0.4, 0.5) is 0 Å². The lowest BCUT2D eigenvalue weighted by atomic mass is 10.0. The summed E-state index contributed by atoms with van der Waals surface area (Å²) in [6.07, 6.45) is 78.4. The van der Waals surface area contributed by atoms with Crippen molar-refractivity contribution in [2.24, 2.45) is 0 Å². The summed E-state index contributed by atoms with van der Waals surface area (Å²) in [6.45, 7) is 4.75. The highest BCUT2D eigenvalue weighted by atomic mass is 31.2. The Morgan fingerprint density at radius 3 is 0.814 bits per heavy atom. The average molecular weight is 1480 g/mol. The molecule has 0 radical (unpaired) electrons. The van der Waals surface area contributed by atoms with Gasteiger partial charge in [0.2, 0.25) is 0 Å². The number of aliphatic hydroxyl groups is 1. The molecule has 19 heteroatoms. The predicted molar refractivity (Wildman–Crippen MR) is 418 cm³/mol. The van der Waals surface area contributed by atoms with Crippen molar-refractivity contribution < 1.29 is 80.2 Å². The third-order valence-corrected chi connectivity index (χ3v) is 19.2. The second-order valence-corrected chi connectivity index (χ2v) is 30.2. The first-order valence-electron chi connectivity index (χ1n) is 40.8. The van der Waals surface area contributed by atoms with E-state index >= 15 is 0 Å². The number of carbonyl (C=O) groups is 4. The van der Waals surface area contributed by atoms with Crippen molar-refractivity contribution in [3.8, 4) is 0 Å². The van der Waals surface area contributed by atoms with Gasteiger partial charge in [-0.3, -0.25) is 37.3 Å². The summed E-state index contributed by atoms with van der Waals surface area (Å²) in [7, 11) is -9.96.